The molecule has 1 aromatic carbocycles. The van der Waals surface area contributed by atoms with E-state index in [0.29, 0.717) is 6.04 Å². The number of nitrogens with zero attached hydrogens (tertiary/aromatic N) is 1. The SMILES string of the molecule is C[C@@H]1CCCN2CCc3c([nH]c4ccccc34)[C@@H]12. The summed E-state index contributed by atoms with van der Waals surface area (Å²) in [5.41, 5.74) is 4.41. The van der Waals surface area contributed by atoms with Gasteiger partial charge in [-0.25, -0.2) is 0 Å². The van der Waals surface area contributed by atoms with Crippen LogP contribution in [0.1, 0.15) is 37.1 Å². The van der Waals surface area contributed by atoms with E-state index in [-0.39, 0.29) is 0 Å². The third-order valence-electron chi connectivity index (χ3n) is 4.83. The molecule has 1 saturated heterocycles. The minimum Gasteiger partial charge on any atom is -0.357 e. The first-order valence-electron chi connectivity index (χ1n) is 7.18. The second-order valence-electron chi connectivity index (χ2n) is 5.91. The molecule has 4 rings (SSSR count). The van der Waals surface area contributed by atoms with Crippen LogP contribution in [-0.4, -0.2) is 23.0 Å². The molecule has 0 saturated carbocycles. The van der Waals surface area contributed by atoms with Gasteiger partial charge in [-0.3, -0.25) is 4.90 Å². The minimum atomic E-state index is 0.634. The number of benzene rings is 1. The highest BCUT2D eigenvalue weighted by molar-refractivity contribution is 5.85. The Balaban J connectivity index is 1.90. The Bertz CT molecular complexity index is 584. The molecule has 1 N–H and O–H groups in total. The fourth-order valence-corrected chi connectivity index (χ4v) is 3.99. The van der Waals surface area contributed by atoms with Crippen molar-refractivity contribution in [2.24, 2.45) is 5.92 Å². The van der Waals surface area contributed by atoms with Gasteiger partial charge in [0.05, 0.1) is 6.04 Å². The van der Waals surface area contributed by atoms with Crippen molar-refractivity contribution in [2.45, 2.75) is 32.2 Å². The van der Waals surface area contributed by atoms with Crippen LogP contribution < -0.4 is 0 Å². The van der Waals surface area contributed by atoms with Crippen LogP contribution in [0.25, 0.3) is 10.9 Å². The maximum Gasteiger partial charge on any atom is 0.0527 e. The average molecular weight is 240 g/mol. The molecule has 18 heavy (non-hydrogen) atoms. The highest BCUT2D eigenvalue weighted by atomic mass is 15.2. The van der Waals surface area contributed by atoms with E-state index in [0.717, 1.165) is 5.92 Å². The second kappa shape index (κ2) is 3.86. The number of para-hydroxylation sites is 1. The molecule has 0 radical (unpaired) electrons. The summed E-state index contributed by atoms with van der Waals surface area (Å²) in [7, 11) is 0. The molecule has 0 unspecified atom stereocenters. The molecule has 1 aromatic heterocycles. The van der Waals surface area contributed by atoms with Crippen LogP contribution in [0.3, 0.4) is 0 Å². The molecule has 0 bridgehead atoms. The van der Waals surface area contributed by atoms with Gasteiger partial charge in [0, 0.05) is 23.1 Å². The first-order valence-corrected chi connectivity index (χ1v) is 7.18. The highest BCUT2D eigenvalue weighted by Gasteiger charge is 2.35. The molecule has 0 spiro atoms. The topological polar surface area (TPSA) is 19.0 Å². The monoisotopic (exact) mass is 240 g/mol. The molecular formula is C16H20N2. The van der Waals surface area contributed by atoms with Crippen molar-refractivity contribution in [2.75, 3.05) is 13.1 Å². The summed E-state index contributed by atoms with van der Waals surface area (Å²) >= 11 is 0. The smallest absolute Gasteiger partial charge is 0.0527 e. The Labute approximate surface area is 108 Å². The lowest BCUT2D eigenvalue weighted by Crippen LogP contribution is -2.42. The van der Waals surface area contributed by atoms with Gasteiger partial charge in [0.2, 0.25) is 0 Å². The zero-order valence-electron chi connectivity index (χ0n) is 10.9. The summed E-state index contributed by atoms with van der Waals surface area (Å²) in [5.74, 6) is 0.783. The third-order valence-corrected chi connectivity index (χ3v) is 4.83. The maximum absolute atomic E-state index is 3.70. The van der Waals surface area contributed by atoms with E-state index in [2.05, 4.69) is 41.1 Å². The summed E-state index contributed by atoms with van der Waals surface area (Å²) in [4.78, 5) is 6.39. The van der Waals surface area contributed by atoms with Crippen LogP contribution >= 0.6 is 0 Å². The first-order chi connectivity index (χ1) is 8.84. The Hall–Kier alpha value is -1.28. The van der Waals surface area contributed by atoms with Crippen LogP contribution in [0.4, 0.5) is 0 Å². The van der Waals surface area contributed by atoms with Crippen molar-refractivity contribution < 1.29 is 0 Å². The fraction of sp³-hybridized carbons (Fsp3) is 0.500. The Morgan fingerprint density at radius 3 is 3.06 bits per heavy atom. The molecule has 0 aliphatic carbocycles. The molecule has 2 nitrogen and oxygen atoms in total. The largest absolute Gasteiger partial charge is 0.357 e. The Morgan fingerprint density at radius 1 is 1.22 bits per heavy atom. The van der Waals surface area contributed by atoms with E-state index < -0.39 is 0 Å². The molecule has 94 valence electrons. The van der Waals surface area contributed by atoms with E-state index in [1.165, 1.54) is 48.9 Å². The van der Waals surface area contributed by atoms with Crippen molar-refractivity contribution in [1.29, 1.82) is 0 Å². The third kappa shape index (κ3) is 1.39. The Morgan fingerprint density at radius 2 is 2.11 bits per heavy atom. The van der Waals surface area contributed by atoms with Crippen LogP contribution in [0.5, 0.6) is 0 Å². The molecule has 2 heteroatoms. The maximum atomic E-state index is 3.70. The molecule has 2 aliphatic rings. The van der Waals surface area contributed by atoms with Gasteiger partial charge in [-0.15, -0.1) is 0 Å². The van der Waals surface area contributed by atoms with Gasteiger partial charge in [0.25, 0.3) is 0 Å². The molecule has 2 atom stereocenters. The number of fused-ring (bicyclic) bond motifs is 5. The summed E-state index contributed by atoms with van der Waals surface area (Å²) < 4.78 is 0. The van der Waals surface area contributed by atoms with E-state index in [1.807, 2.05) is 0 Å². The van der Waals surface area contributed by atoms with Gasteiger partial charge >= 0.3 is 0 Å². The normalized spacial score (nSPS) is 28.1. The van der Waals surface area contributed by atoms with E-state index in [9.17, 15) is 0 Å². The van der Waals surface area contributed by atoms with E-state index >= 15 is 0 Å². The minimum absolute atomic E-state index is 0.634. The summed E-state index contributed by atoms with van der Waals surface area (Å²) in [6.45, 7) is 4.94. The number of hydrogen-bond donors (Lipinski definition) is 1. The summed E-state index contributed by atoms with van der Waals surface area (Å²) in [5, 5.41) is 1.45. The van der Waals surface area contributed by atoms with Gasteiger partial charge in [-0.1, -0.05) is 25.1 Å². The van der Waals surface area contributed by atoms with Crippen LogP contribution in [0, 0.1) is 5.92 Å². The first kappa shape index (κ1) is 10.6. The fourth-order valence-electron chi connectivity index (χ4n) is 3.99. The molecule has 3 heterocycles. The van der Waals surface area contributed by atoms with Crippen molar-refractivity contribution in [3.8, 4) is 0 Å². The lowest BCUT2D eigenvalue weighted by molar-refractivity contribution is 0.0896. The van der Waals surface area contributed by atoms with Crippen molar-refractivity contribution >= 4 is 10.9 Å². The standard InChI is InChI=1S/C16H20N2/c1-11-5-4-9-18-10-8-13-12-6-2-3-7-14(12)17-15(13)16(11)18/h2-3,6-7,11,16-17H,4-5,8-10H2,1H3/t11-,16-/m1/s1. The van der Waals surface area contributed by atoms with Crippen molar-refractivity contribution in [3.05, 3.63) is 35.5 Å². The quantitative estimate of drug-likeness (QED) is 0.746. The zero-order valence-corrected chi connectivity index (χ0v) is 10.9. The molecule has 0 amide bonds. The number of piperidine rings is 1. The highest BCUT2D eigenvalue weighted by Crippen LogP contribution is 2.42. The lowest BCUT2D eigenvalue weighted by Gasteiger charge is -2.43. The number of rotatable bonds is 0. The predicted molar refractivity (Wildman–Crippen MR) is 74.7 cm³/mol. The lowest BCUT2D eigenvalue weighted by atomic mass is 9.84. The molecular weight excluding hydrogens is 220 g/mol. The Kier molecular flexibility index (Phi) is 2.28. The van der Waals surface area contributed by atoms with Crippen molar-refractivity contribution in [3.63, 3.8) is 0 Å². The van der Waals surface area contributed by atoms with Crippen LogP contribution in [0.15, 0.2) is 24.3 Å². The number of aromatic amines is 1. The van der Waals surface area contributed by atoms with Gasteiger partial charge in [-0.2, -0.15) is 0 Å². The number of aromatic nitrogens is 1. The molecule has 2 aliphatic heterocycles. The number of H-pyrrole nitrogens is 1. The van der Waals surface area contributed by atoms with E-state index in [4.69, 9.17) is 0 Å². The number of hydrogen-bond acceptors (Lipinski definition) is 1. The van der Waals surface area contributed by atoms with Gasteiger partial charge in [0.1, 0.15) is 0 Å². The summed E-state index contributed by atoms with van der Waals surface area (Å²) in [6.07, 6.45) is 3.95. The van der Waals surface area contributed by atoms with Crippen LogP contribution in [-0.2, 0) is 6.42 Å². The van der Waals surface area contributed by atoms with Gasteiger partial charge < -0.3 is 4.98 Å². The molecule has 2 aromatic rings. The number of nitrogens with one attached hydrogen (secondary N) is 1. The molecule has 1 fully saturated rings. The zero-order chi connectivity index (χ0) is 12.1. The van der Waals surface area contributed by atoms with Gasteiger partial charge in [-0.05, 0) is 43.4 Å². The predicted octanol–water partition coefficient (Wildman–Crippen LogP) is 3.50. The average Bonchev–Trinajstić information content (AvgIpc) is 2.77. The summed E-state index contributed by atoms with van der Waals surface area (Å²) in [6, 6.07) is 9.41. The van der Waals surface area contributed by atoms with Crippen molar-refractivity contribution in [1.82, 2.24) is 9.88 Å². The van der Waals surface area contributed by atoms with E-state index in [1.54, 1.807) is 5.56 Å². The van der Waals surface area contributed by atoms with Gasteiger partial charge in [0.15, 0.2) is 0 Å². The van der Waals surface area contributed by atoms with Crippen LogP contribution in [0.2, 0.25) is 0 Å². The second-order valence-corrected chi connectivity index (χ2v) is 5.91.